The molecule has 1 fully saturated rings. The van der Waals surface area contributed by atoms with Crippen molar-refractivity contribution < 1.29 is 4.74 Å². The topological polar surface area (TPSA) is 27.1 Å². The van der Waals surface area contributed by atoms with Gasteiger partial charge in [0.1, 0.15) is 0 Å². The predicted octanol–water partition coefficient (Wildman–Crippen LogP) is 0.901. The Labute approximate surface area is 77.7 Å². The van der Waals surface area contributed by atoms with Crippen molar-refractivity contribution in [3.05, 3.63) is 18.0 Å². The van der Waals surface area contributed by atoms with Gasteiger partial charge in [-0.3, -0.25) is 4.68 Å². The number of hydrogen-bond donors (Lipinski definition) is 0. The summed E-state index contributed by atoms with van der Waals surface area (Å²) in [5.41, 5.74) is 0.846. The van der Waals surface area contributed by atoms with Crippen LogP contribution >= 0.6 is 0 Å². The highest BCUT2D eigenvalue weighted by atomic mass is 16.5. The molecule has 1 saturated heterocycles. The van der Waals surface area contributed by atoms with Crippen LogP contribution in [0.1, 0.15) is 12.0 Å². The molecule has 2 heterocycles. The third kappa shape index (κ3) is 1.90. The molecule has 3 heteroatoms. The normalized spacial score (nSPS) is 21.6. The lowest BCUT2D eigenvalue weighted by Crippen LogP contribution is -2.10. The first-order valence-corrected chi connectivity index (χ1v) is 4.45. The lowest BCUT2D eigenvalue weighted by molar-refractivity contribution is 0.181. The summed E-state index contributed by atoms with van der Waals surface area (Å²) in [6.07, 6.45) is 9.99. The Balaban J connectivity index is 1.97. The maximum Gasteiger partial charge on any atom is 0.0646 e. The van der Waals surface area contributed by atoms with E-state index in [4.69, 9.17) is 11.2 Å². The van der Waals surface area contributed by atoms with Gasteiger partial charge in [-0.25, -0.2) is 0 Å². The van der Waals surface area contributed by atoms with Gasteiger partial charge in [-0.15, -0.1) is 6.42 Å². The van der Waals surface area contributed by atoms with E-state index >= 15 is 0 Å². The smallest absolute Gasteiger partial charge is 0.0646 e. The SMILES string of the molecule is C#Cc1cnn(CC2CCOC2)c1. The number of terminal acetylenes is 1. The molecule has 13 heavy (non-hydrogen) atoms. The highest BCUT2D eigenvalue weighted by Crippen LogP contribution is 2.14. The third-order valence-corrected chi connectivity index (χ3v) is 2.27. The predicted molar refractivity (Wildman–Crippen MR) is 49.1 cm³/mol. The molecule has 0 aliphatic carbocycles. The standard InChI is InChI=1S/C10H12N2O/c1-2-9-5-11-12(6-9)7-10-3-4-13-8-10/h1,5-6,10H,3-4,7-8H2. The lowest BCUT2D eigenvalue weighted by atomic mass is 10.1. The van der Waals surface area contributed by atoms with Gasteiger partial charge < -0.3 is 4.74 Å². The number of hydrogen-bond acceptors (Lipinski definition) is 2. The highest BCUT2D eigenvalue weighted by molar-refractivity contribution is 5.26. The van der Waals surface area contributed by atoms with Crippen molar-refractivity contribution >= 4 is 0 Å². The average Bonchev–Trinajstić information content (AvgIpc) is 2.76. The minimum absolute atomic E-state index is 0.602. The van der Waals surface area contributed by atoms with E-state index in [1.54, 1.807) is 6.20 Å². The van der Waals surface area contributed by atoms with E-state index in [9.17, 15) is 0 Å². The third-order valence-electron chi connectivity index (χ3n) is 2.27. The van der Waals surface area contributed by atoms with Gasteiger partial charge in [-0.2, -0.15) is 5.10 Å². The van der Waals surface area contributed by atoms with Crippen molar-refractivity contribution in [1.29, 1.82) is 0 Å². The zero-order valence-corrected chi connectivity index (χ0v) is 7.44. The molecule has 0 aromatic carbocycles. The van der Waals surface area contributed by atoms with E-state index in [0.29, 0.717) is 5.92 Å². The van der Waals surface area contributed by atoms with Crippen molar-refractivity contribution in [1.82, 2.24) is 9.78 Å². The van der Waals surface area contributed by atoms with E-state index in [-0.39, 0.29) is 0 Å². The summed E-state index contributed by atoms with van der Waals surface area (Å²) >= 11 is 0. The molecule has 0 radical (unpaired) electrons. The van der Waals surface area contributed by atoms with Gasteiger partial charge in [0.25, 0.3) is 0 Å². The van der Waals surface area contributed by atoms with Crippen LogP contribution in [0.4, 0.5) is 0 Å². The second-order valence-corrected chi connectivity index (χ2v) is 3.33. The summed E-state index contributed by atoms with van der Waals surface area (Å²) in [4.78, 5) is 0. The Morgan fingerprint density at radius 1 is 1.77 bits per heavy atom. The molecule has 1 aromatic heterocycles. The molecule has 0 N–H and O–H groups in total. The molecule has 1 aliphatic heterocycles. The monoisotopic (exact) mass is 176 g/mol. The van der Waals surface area contributed by atoms with Crippen molar-refractivity contribution in [2.24, 2.45) is 5.92 Å². The fourth-order valence-electron chi connectivity index (χ4n) is 1.53. The van der Waals surface area contributed by atoms with Gasteiger partial charge in [0.15, 0.2) is 0 Å². The Bertz CT molecular complexity index is 318. The van der Waals surface area contributed by atoms with Gasteiger partial charge in [-0.1, -0.05) is 5.92 Å². The van der Waals surface area contributed by atoms with Crippen LogP contribution in [-0.4, -0.2) is 23.0 Å². The van der Waals surface area contributed by atoms with Gasteiger partial charge in [0, 0.05) is 25.3 Å². The molecule has 1 aromatic rings. The second kappa shape index (κ2) is 3.63. The fourth-order valence-corrected chi connectivity index (χ4v) is 1.53. The molecular weight excluding hydrogens is 164 g/mol. The first-order valence-electron chi connectivity index (χ1n) is 4.45. The van der Waals surface area contributed by atoms with Crippen LogP contribution in [0.25, 0.3) is 0 Å². The Hall–Kier alpha value is -1.27. The fraction of sp³-hybridized carbons (Fsp3) is 0.500. The average molecular weight is 176 g/mol. The quantitative estimate of drug-likeness (QED) is 0.626. The Morgan fingerprint density at radius 2 is 2.69 bits per heavy atom. The molecule has 1 unspecified atom stereocenters. The Kier molecular flexibility index (Phi) is 2.33. The lowest BCUT2D eigenvalue weighted by Gasteiger charge is -2.06. The molecule has 0 saturated carbocycles. The van der Waals surface area contributed by atoms with Gasteiger partial charge >= 0.3 is 0 Å². The largest absolute Gasteiger partial charge is 0.381 e. The maximum atomic E-state index is 5.28. The van der Waals surface area contributed by atoms with E-state index < -0.39 is 0 Å². The summed E-state index contributed by atoms with van der Waals surface area (Å²) in [5, 5.41) is 4.17. The number of nitrogens with zero attached hydrogens (tertiary/aromatic N) is 2. The second-order valence-electron chi connectivity index (χ2n) is 3.33. The van der Waals surface area contributed by atoms with Gasteiger partial charge in [-0.05, 0) is 6.42 Å². The van der Waals surface area contributed by atoms with Gasteiger partial charge in [0.2, 0.25) is 0 Å². The van der Waals surface area contributed by atoms with Crippen molar-refractivity contribution in [2.75, 3.05) is 13.2 Å². The first kappa shape index (κ1) is 8.33. The summed E-state index contributed by atoms with van der Waals surface area (Å²) in [6, 6.07) is 0. The van der Waals surface area contributed by atoms with E-state index in [2.05, 4.69) is 11.0 Å². The maximum absolute atomic E-state index is 5.28. The number of ether oxygens (including phenoxy) is 1. The van der Waals surface area contributed by atoms with Crippen molar-refractivity contribution in [2.45, 2.75) is 13.0 Å². The summed E-state index contributed by atoms with van der Waals surface area (Å²) in [7, 11) is 0. The van der Waals surface area contributed by atoms with E-state index in [1.165, 1.54) is 0 Å². The number of aromatic nitrogens is 2. The summed E-state index contributed by atoms with van der Waals surface area (Å²) in [5.74, 6) is 3.16. The zero-order valence-electron chi connectivity index (χ0n) is 7.44. The van der Waals surface area contributed by atoms with Crippen LogP contribution in [0.2, 0.25) is 0 Å². The van der Waals surface area contributed by atoms with Crippen molar-refractivity contribution in [3.63, 3.8) is 0 Å². The minimum atomic E-state index is 0.602. The molecule has 1 aliphatic rings. The molecule has 0 bridgehead atoms. The molecule has 3 nitrogen and oxygen atoms in total. The zero-order chi connectivity index (χ0) is 9.10. The van der Waals surface area contributed by atoms with Crippen molar-refractivity contribution in [3.8, 4) is 12.3 Å². The van der Waals surface area contributed by atoms with Crippen LogP contribution in [0, 0.1) is 18.3 Å². The van der Waals surface area contributed by atoms with E-state index in [0.717, 1.165) is 31.7 Å². The molecule has 68 valence electrons. The number of rotatable bonds is 2. The molecular formula is C10H12N2O. The molecule has 0 amide bonds. The van der Waals surface area contributed by atoms with Crippen LogP contribution in [0.3, 0.4) is 0 Å². The van der Waals surface area contributed by atoms with E-state index in [1.807, 2.05) is 10.9 Å². The minimum Gasteiger partial charge on any atom is -0.381 e. The van der Waals surface area contributed by atoms with Crippen LogP contribution < -0.4 is 0 Å². The van der Waals surface area contributed by atoms with Crippen LogP contribution in [-0.2, 0) is 11.3 Å². The molecule has 1 atom stereocenters. The Morgan fingerprint density at radius 3 is 3.31 bits per heavy atom. The van der Waals surface area contributed by atoms with Crippen LogP contribution in [0.15, 0.2) is 12.4 Å². The van der Waals surface area contributed by atoms with Crippen LogP contribution in [0.5, 0.6) is 0 Å². The van der Waals surface area contributed by atoms with Gasteiger partial charge in [0.05, 0.1) is 18.4 Å². The summed E-state index contributed by atoms with van der Waals surface area (Å²) < 4.78 is 7.18. The summed E-state index contributed by atoms with van der Waals surface area (Å²) in [6.45, 7) is 2.65. The first-order chi connectivity index (χ1) is 6.38. The highest BCUT2D eigenvalue weighted by Gasteiger charge is 2.16. The molecule has 2 rings (SSSR count). The molecule has 0 spiro atoms.